The van der Waals surface area contributed by atoms with E-state index in [4.69, 9.17) is 0 Å². The monoisotopic (exact) mass is 360 g/mol. The van der Waals surface area contributed by atoms with Crippen molar-refractivity contribution >= 4 is 35.0 Å². The highest BCUT2D eigenvalue weighted by molar-refractivity contribution is 7.99. The molecule has 2 amide bonds. The van der Waals surface area contributed by atoms with Gasteiger partial charge in [-0.3, -0.25) is 9.59 Å². The summed E-state index contributed by atoms with van der Waals surface area (Å²) in [5.41, 5.74) is 1.29. The van der Waals surface area contributed by atoms with Crippen molar-refractivity contribution in [2.75, 3.05) is 16.4 Å². The maximum Gasteiger partial charge on any atom is 0.226 e. The molecule has 2 aromatic carbocycles. The summed E-state index contributed by atoms with van der Waals surface area (Å²) >= 11 is 1.50. The predicted octanol–water partition coefficient (Wildman–Crippen LogP) is 4.54. The Bertz CT molecular complexity index is 732. The lowest BCUT2D eigenvalue weighted by Crippen LogP contribution is -2.18. The third-order valence-electron chi connectivity index (χ3n) is 3.35. The van der Waals surface area contributed by atoms with Gasteiger partial charge in [0.15, 0.2) is 0 Å². The Kier molecular flexibility index (Phi) is 7.01. The van der Waals surface area contributed by atoms with Crippen molar-refractivity contribution in [1.29, 1.82) is 0 Å². The second-order valence-electron chi connectivity index (χ2n) is 5.83. The molecule has 4 nitrogen and oxygen atoms in total. The minimum atomic E-state index is -0.272. The fourth-order valence-electron chi connectivity index (χ4n) is 1.98. The number of anilines is 2. The van der Waals surface area contributed by atoms with Gasteiger partial charge in [0.2, 0.25) is 11.8 Å². The van der Waals surface area contributed by atoms with E-state index in [1.807, 2.05) is 13.8 Å². The Morgan fingerprint density at radius 3 is 2.32 bits per heavy atom. The molecule has 2 aromatic rings. The van der Waals surface area contributed by atoms with Crippen molar-refractivity contribution in [1.82, 2.24) is 0 Å². The highest BCUT2D eigenvalue weighted by Gasteiger charge is 2.08. The molecular formula is C19H21FN2O2S. The van der Waals surface area contributed by atoms with Gasteiger partial charge in [-0.2, -0.15) is 0 Å². The van der Waals surface area contributed by atoms with Gasteiger partial charge in [-0.25, -0.2) is 4.39 Å². The summed E-state index contributed by atoms with van der Waals surface area (Å²) in [6.45, 7) is 3.64. The molecule has 6 heteroatoms. The lowest BCUT2D eigenvalue weighted by molar-refractivity contribution is -0.119. The first-order chi connectivity index (χ1) is 11.9. The van der Waals surface area contributed by atoms with Gasteiger partial charge in [-0.1, -0.05) is 19.9 Å². The highest BCUT2D eigenvalue weighted by Crippen LogP contribution is 2.20. The number of thioether (sulfide) groups is 1. The first-order valence-corrected chi connectivity index (χ1v) is 9.02. The Morgan fingerprint density at radius 1 is 1.04 bits per heavy atom. The Labute approximate surface area is 151 Å². The van der Waals surface area contributed by atoms with Crippen LogP contribution in [0.1, 0.15) is 20.3 Å². The average molecular weight is 360 g/mol. The average Bonchev–Trinajstić information content (AvgIpc) is 2.57. The molecule has 0 aliphatic carbocycles. The van der Waals surface area contributed by atoms with Crippen molar-refractivity contribution in [3.8, 4) is 0 Å². The molecule has 0 heterocycles. The number of rotatable bonds is 7. The first kappa shape index (κ1) is 19.0. The maximum absolute atomic E-state index is 12.8. The standard InChI is InChI=1S/C19H21FN2O2S/c1-13(2)19(24)22-16-5-3-4-15(12-16)21-18(23)10-11-25-17-8-6-14(20)7-9-17/h3-9,12-13H,10-11H2,1-2H3,(H,21,23)(H,22,24). The second kappa shape index (κ2) is 9.22. The van der Waals surface area contributed by atoms with E-state index in [2.05, 4.69) is 10.6 Å². The lowest BCUT2D eigenvalue weighted by Gasteiger charge is -2.10. The zero-order chi connectivity index (χ0) is 18.2. The molecule has 0 spiro atoms. The van der Waals surface area contributed by atoms with E-state index >= 15 is 0 Å². The number of carbonyl (C=O) groups excluding carboxylic acids is 2. The van der Waals surface area contributed by atoms with E-state index in [1.165, 1.54) is 23.9 Å². The van der Waals surface area contributed by atoms with Gasteiger partial charge in [-0.05, 0) is 42.5 Å². The van der Waals surface area contributed by atoms with Gasteiger partial charge in [0.1, 0.15) is 5.82 Å². The minimum absolute atomic E-state index is 0.0702. The van der Waals surface area contributed by atoms with Crippen LogP contribution in [0.4, 0.5) is 15.8 Å². The van der Waals surface area contributed by atoms with Gasteiger partial charge in [0, 0.05) is 34.4 Å². The zero-order valence-electron chi connectivity index (χ0n) is 14.2. The van der Waals surface area contributed by atoms with Gasteiger partial charge in [-0.15, -0.1) is 11.8 Å². The van der Waals surface area contributed by atoms with E-state index in [0.29, 0.717) is 23.5 Å². The third kappa shape index (κ3) is 6.58. The molecule has 2 N–H and O–H groups in total. The van der Waals surface area contributed by atoms with Crippen LogP contribution < -0.4 is 10.6 Å². The fourth-order valence-corrected chi connectivity index (χ4v) is 2.83. The summed E-state index contributed by atoms with van der Waals surface area (Å²) in [5.74, 6) is 0.0377. The van der Waals surface area contributed by atoms with E-state index in [9.17, 15) is 14.0 Å². The van der Waals surface area contributed by atoms with Crippen LogP contribution in [0.3, 0.4) is 0 Å². The molecule has 0 aromatic heterocycles. The van der Waals surface area contributed by atoms with Crippen molar-refractivity contribution in [2.24, 2.45) is 5.92 Å². The second-order valence-corrected chi connectivity index (χ2v) is 6.99. The quantitative estimate of drug-likeness (QED) is 0.713. The van der Waals surface area contributed by atoms with Crippen LogP contribution in [0.5, 0.6) is 0 Å². The number of amides is 2. The molecule has 2 rings (SSSR count). The van der Waals surface area contributed by atoms with Crippen molar-refractivity contribution in [2.45, 2.75) is 25.2 Å². The van der Waals surface area contributed by atoms with Crippen LogP contribution in [0.2, 0.25) is 0 Å². The summed E-state index contributed by atoms with van der Waals surface area (Å²) in [5, 5.41) is 5.62. The normalized spacial score (nSPS) is 10.6. The van der Waals surface area contributed by atoms with Gasteiger partial charge in [0.05, 0.1) is 0 Å². The number of hydrogen-bond acceptors (Lipinski definition) is 3. The molecule has 0 saturated heterocycles. The number of carbonyl (C=O) groups is 2. The fraction of sp³-hybridized carbons (Fsp3) is 0.263. The molecule has 0 unspecified atom stereocenters. The smallest absolute Gasteiger partial charge is 0.226 e. The molecule has 0 radical (unpaired) electrons. The molecule has 25 heavy (non-hydrogen) atoms. The summed E-state index contributed by atoms with van der Waals surface area (Å²) < 4.78 is 12.8. The largest absolute Gasteiger partial charge is 0.326 e. The Morgan fingerprint density at radius 2 is 1.68 bits per heavy atom. The Hall–Kier alpha value is -2.34. The van der Waals surface area contributed by atoms with Crippen LogP contribution in [0, 0.1) is 11.7 Å². The van der Waals surface area contributed by atoms with Gasteiger partial charge in [0.25, 0.3) is 0 Å². The predicted molar refractivity (Wildman–Crippen MR) is 100 cm³/mol. The molecule has 0 atom stereocenters. The summed E-state index contributed by atoms with van der Waals surface area (Å²) in [7, 11) is 0. The summed E-state index contributed by atoms with van der Waals surface area (Å²) in [6, 6.07) is 13.2. The number of nitrogens with one attached hydrogen (secondary N) is 2. The first-order valence-electron chi connectivity index (χ1n) is 8.03. The number of halogens is 1. The van der Waals surface area contributed by atoms with Crippen LogP contribution in [0.25, 0.3) is 0 Å². The zero-order valence-corrected chi connectivity index (χ0v) is 15.0. The third-order valence-corrected chi connectivity index (χ3v) is 4.36. The summed E-state index contributed by atoms with van der Waals surface area (Å²) in [6.07, 6.45) is 0.338. The topological polar surface area (TPSA) is 58.2 Å². The SMILES string of the molecule is CC(C)C(=O)Nc1cccc(NC(=O)CCSc2ccc(F)cc2)c1. The lowest BCUT2D eigenvalue weighted by atomic mass is 10.2. The van der Waals surface area contributed by atoms with Gasteiger partial charge >= 0.3 is 0 Å². The minimum Gasteiger partial charge on any atom is -0.326 e. The van der Waals surface area contributed by atoms with Gasteiger partial charge < -0.3 is 10.6 Å². The molecule has 0 bridgehead atoms. The summed E-state index contributed by atoms with van der Waals surface area (Å²) in [4.78, 5) is 24.7. The van der Waals surface area contributed by atoms with Crippen molar-refractivity contribution < 1.29 is 14.0 Å². The molecule has 0 aliphatic rings. The van der Waals surface area contributed by atoms with E-state index in [-0.39, 0.29) is 23.5 Å². The number of hydrogen-bond donors (Lipinski definition) is 2. The maximum atomic E-state index is 12.8. The molecule has 132 valence electrons. The van der Waals surface area contributed by atoms with E-state index in [1.54, 1.807) is 36.4 Å². The van der Waals surface area contributed by atoms with E-state index in [0.717, 1.165) is 4.90 Å². The molecule has 0 fully saturated rings. The van der Waals surface area contributed by atoms with Crippen LogP contribution in [-0.2, 0) is 9.59 Å². The highest BCUT2D eigenvalue weighted by atomic mass is 32.2. The van der Waals surface area contributed by atoms with Crippen LogP contribution in [-0.4, -0.2) is 17.6 Å². The molecule has 0 aliphatic heterocycles. The van der Waals surface area contributed by atoms with Crippen LogP contribution in [0.15, 0.2) is 53.4 Å². The van der Waals surface area contributed by atoms with Crippen molar-refractivity contribution in [3.63, 3.8) is 0 Å². The van der Waals surface area contributed by atoms with Crippen LogP contribution >= 0.6 is 11.8 Å². The Balaban J connectivity index is 1.81. The van der Waals surface area contributed by atoms with E-state index < -0.39 is 0 Å². The molecular weight excluding hydrogens is 339 g/mol. The number of benzene rings is 2. The van der Waals surface area contributed by atoms with Crippen molar-refractivity contribution in [3.05, 3.63) is 54.3 Å². The molecule has 0 saturated carbocycles.